The minimum atomic E-state index is 0.0557. The highest BCUT2D eigenvalue weighted by Crippen LogP contribution is 2.02. The molecular formula is C11H11BrN2. The SMILES string of the molecule is N#CCC(CBr)N=Cc1ccccc1. The molecule has 0 aliphatic rings. The van der Waals surface area contributed by atoms with Gasteiger partial charge in [-0.05, 0) is 5.56 Å². The Hall–Kier alpha value is -1.14. The van der Waals surface area contributed by atoms with Crippen molar-refractivity contribution in [3.8, 4) is 6.07 Å². The smallest absolute Gasteiger partial charge is 0.0726 e. The third-order valence-corrected chi connectivity index (χ3v) is 2.49. The molecule has 0 fully saturated rings. The average molecular weight is 251 g/mol. The van der Waals surface area contributed by atoms with E-state index in [1.807, 2.05) is 36.5 Å². The molecule has 0 saturated carbocycles. The second kappa shape index (κ2) is 6.33. The molecule has 0 radical (unpaired) electrons. The maximum Gasteiger partial charge on any atom is 0.0726 e. The van der Waals surface area contributed by atoms with Crippen LogP contribution in [-0.4, -0.2) is 17.6 Å². The fraction of sp³-hybridized carbons (Fsp3) is 0.273. The molecule has 0 aliphatic heterocycles. The molecule has 3 heteroatoms. The quantitative estimate of drug-likeness (QED) is 0.598. The number of hydrogen-bond donors (Lipinski definition) is 0. The highest BCUT2D eigenvalue weighted by atomic mass is 79.9. The molecule has 1 aromatic rings. The second-order valence-corrected chi connectivity index (χ2v) is 3.51. The number of alkyl halides is 1. The predicted molar refractivity (Wildman–Crippen MR) is 61.8 cm³/mol. The summed E-state index contributed by atoms with van der Waals surface area (Å²) >= 11 is 3.33. The van der Waals surface area contributed by atoms with Crippen LogP contribution in [-0.2, 0) is 0 Å². The molecular weight excluding hydrogens is 240 g/mol. The molecule has 14 heavy (non-hydrogen) atoms. The van der Waals surface area contributed by atoms with Gasteiger partial charge in [-0.15, -0.1) is 0 Å². The van der Waals surface area contributed by atoms with Crippen LogP contribution in [0.4, 0.5) is 0 Å². The first-order chi connectivity index (χ1) is 6.86. The molecule has 2 nitrogen and oxygen atoms in total. The molecule has 0 spiro atoms. The Morgan fingerprint density at radius 3 is 2.71 bits per heavy atom. The monoisotopic (exact) mass is 250 g/mol. The van der Waals surface area contributed by atoms with E-state index in [1.54, 1.807) is 0 Å². The zero-order chi connectivity index (χ0) is 10.2. The van der Waals surface area contributed by atoms with Gasteiger partial charge in [-0.25, -0.2) is 0 Å². The van der Waals surface area contributed by atoms with Gasteiger partial charge in [0.2, 0.25) is 0 Å². The summed E-state index contributed by atoms with van der Waals surface area (Å²) in [6, 6.07) is 12.0. The molecule has 72 valence electrons. The Labute approximate surface area is 92.4 Å². The van der Waals surface area contributed by atoms with Gasteiger partial charge in [-0.3, -0.25) is 4.99 Å². The van der Waals surface area contributed by atoms with E-state index in [1.165, 1.54) is 0 Å². The van der Waals surface area contributed by atoms with Crippen molar-refractivity contribution in [2.75, 3.05) is 5.33 Å². The number of nitriles is 1. The van der Waals surface area contributed by atoms with Crippen molar-refractivity contribution in [1.82, 2.24) is 0 Å². The van der Waals surface area contributed by atoms with E-state index in [0.717, 1.165) is 10.9 Å². The lowest BCUT2D eigenvalue weighted by Crippen LogP contribution is -2.04. The number of nitrogens with zero attached hydrogens (tertiary/aromatic N) is 2. The van der Waals surface area contributed by atoms with E-state index < -0.39 is 0 Å². The van der Waals surface area contributed by atoms with Crippen LogP contribution in [0.3, 0.4) is 0 Å². The van der Waals surface area contributed by atoms with E-state index in [-0.39, 0.29) is 6.04 Å². The second-order valence-electron chi connectivity index (χ2n) is 2.86. The van der Waals surface area contributed by atoms with E-state index in [2.05, 4.69) is 27.0 Å². The molecule has 1 rings (SSSR count). The summed E-state index contributed by atoms with van der Waals surface area (Å²) in [4.78, 5) is 4.31. The molecule has 0 amide bonds. The summed E-state index contributed by atoms with van der Waals surface area (Å²) in [5.41, 5.74) is 1.07. The lowest BCUT2D eigenvalue weighted by molar-refractivity contribution is 0.787. The first kappa shape index (κ1) is 10.9. The van der Waals surface area contributed by atoms with Gasteiger partial charge in [0.25, 0.3) is 0 Å². The van der Waals surface area contributed by atoms with Crippen LogP contribution in [0.25, 0.3) is 0 Å². The van der Waals surface area contributed by atoms with Crippen LogP contribution in [0, 0.1) is 11.3 Å². The average Bonchev–Trinajstić information content (AvgIpc) is 2.25. The summed E-state index contributed by atoms with van der Waals surface area (Å²) in [7, 11) is 0. The molecule has 0 bridgehead atoms. The third kappa shape index (κ3) is 3.71. The summed E-state index contributed by atoms with van der Waals surface area (Å²) < 4.78 is 0. The van der Waals surface area contributed by atoms with Crippen LogP contribution in [0.5, 0.6) is 0 Å². The van der Waals surface area contributed by atoms with Gasteiger partial charge < -0.3 is 0 Å². The number of benzene rings is 1. The Kier molecular flexibility index (Phi) is 4.95. The van der Waals surface area contributed by atoms with E-state index in [4.69, 9.17) is 5.26 Å². The molecule has 0 aromatic heterocycles. The van der Waals surface area contributed by atoms with Gasteiger partial charge in [0, 0.05) is 11.5 Å². The summed E-state index contributed by atoms with van der Waals surface area (Å²) in [5.74, 6) is 0. The highest BCUT2D eigenvalue weighted by molar-refractivity contribution is 9.09. The maximum absolute atomic E-state index is 8.52. The predicted octanol–water partition coefficient (Wildman–Crippen LogP) is 2.78. The fourth-order valence-electron chi connectivity index (χ4n) is 0.983. The Bertz CT molecular complexity index is 327. The molecule has 0 aliphatic carbocycles. The van der Waals surface area contributed by atoms with Crippen LogP contribution < -0.4 is 0 Å². The maximum atomic E-state index is 8.52. The molecule has 0 N–H and O–H groups in total. The van der Waals surface area contributed by atoms with Crippen molar-refractivity contribution in [2.45, 2.75) is 12.5 Å². The molecule has 1 aromatic carbocycles. The van der Waals surface area contributed by atoms with E-state index in [9.17, 15) is 0 Å². The molecule has 0 saturated heterocycles. The first-order valence-corrected chi connectivity index (χ1v) is 5.50. The minimum absolute atomic E-state index is 0.0557. The van der Waals surface area contributed by atoms with Crippen molar-refractivity contribution in [1.29, 1.82) is 5.26 Å². The zero-order valence-electron chi connectivity index (χ0n) is 7.73. The largest absolute Gasteiger partial charge is 0.287 e. The van der Waals surface area contributed by atoms with Crippen LogP contribution >= 0.6 is 15.9 Å². The van der Waals surface area contributed by atoms with E-state index in [0.29, 0.717) is 6.42 Å². The highest BCUT2D eigenvalue weighted by Gasteiger charge is 2.01. The summed E-state index contributed by atoms with van der Waals surface area (Å²) in [6.07, 6.45) is 2.26. The van der Waals surface area contributed by atoms with Crippen molar-refractivity contribution in [3.05, 3.63) is 35.9 Å². The first-order valence-electron chi connectivity index (χ1n) is 4.38. The van der Waals surface area contributed by atoms with Crippen LogP contribution in [0.1, 0.15) is 12.0 Å². The third-order valence-electron chi connectivity index (χ3n) is 1.74. The van der Waals surface area contributed by atoms with Gasteiger partial charge in [0.15, 0.2) is 0 Å². The Balaban J connectivity index is 2.59. The van der Waals surface area contributed by atoms with Gasteiger partial charge in [-0.1, -0.05) is 46.3 Å². The number of rotatable bonds is 4. The van der Waals surface area contributed by atoms with Crippen molar-refractivity contribution < 1.29 is 0 Å². The number of hydrogen-bond acceptors (Lipinski definition) is 2. The zero-order valence-corrected chi connectivity index (χ0v) is 9.31. The number of halogens is 1. The lowest BCUT2D eigenvalue weighted by Gasteiger charge is -2.01. The summed E-state index contributed by atoms with van der Waals surface area (Å²) in [5, 5.41) is 9.25. The minimum Gasteiger partial charge on any atom is -0.287 e. The Morgan fingerprint density at radius 1 is 1.43 bits per heavy atom. The van der Waals surface area contributed by atoms with Crippen molar-refractivity contribution in [3.63, 3.8) is 0 Å². The summed E-state index contributed by atoms with van der Waals surface area (Å²) in [6.45, 7) is 0. The topological polar surface area (TPSA) is 36.1 Å². The normalized spacial score (nSPS) is 12.6. The lowest BCUT2D eigenvalue weighted by atomic mass is 10.2. The number of aliphatic imine (C=N–C) groups is 1. The van der Waals surface area contributed by atoms with Gasteiger partial charge in [-0.2, -0.15) is 5.26 Å². The van der Waals surface area contributed by atoms with Gasteiger partial charge in [0.1, 0.15) is 0 Å². The molecule has 1 atom stereocenters. The molecule has 1 unspecified atom stereocenters. The van der Waals surface area contributed by atoms with Crippen LogP contribution in [0.2, 0.25) is 0 Å². The Morgan fingerprint density at radius 2 is 2.14 bits per heavy atom. The van der Waals surface area contributed by atoms with Gasteiger partial charge in [0.05, 0.1) is 18.5 Å². The van der Waals surface area contributed by atoms with E-state index >= 15 is 0 Å². The van der Waals surface area contributed by atoms with Crippen LogP contribution in [0.15, 0.2) is 35.3 Å². The van der Waals surface area contributed by atoms with Gasteiger partial charge >= 0.3 is 0 Å². The van der Waals surface area contributed by atoms with Crippen molar-refractivity contribution >= 4 is 22.1 Å². The van der Waals surface area contributed by atoms with Crippen molar-refractivity contribution in [2.24, 2.45) is 4.99 Å². The standard InChI is InChI=1S/C11H11BrN2/c12-8-11(6-7-13)14-9-10-4-2-1-3-5-10/h1-5,9,11H,6,8H2. The molecule has 0 heterocycles. The fourth-order valence-corrected chi connectivity index (χ4v) is 1.38.